The van der Waals surface area contributed by atoms with Crippen LogP contribution in [0.4, 0.5) is 4.79 Å². The third-order valence-corrected chi connectivity index (χ3v) is 2.05. The number of ether oxygens (including phenoxy) is 2. The molecule has 0 aromatic rings. The predicted octanol–water partition coefficient (Wildman–Crippen LogP) is 2.07. The average molecular weight is 214 g/mol. The first-order valence-electron chi connectivity index (χ1n) is 4.75. The van der Waals surface area contributed by atoms with Crippen molar-refractivity contribution in [3.63, 3.8) is 0 Å². The van der Waals surface area contributed by atoms with Gasteiger partial charge in [0.05, 0.1) is 0 Å². The second kappa shape index (κ2) is 4.33. The Morgan fingerprint density at radius 1 is 1.53 bits per heavy atom. The molecule has 1 aliphatic rings. The Balaban J connectivity index is 2.45. The Labute approximate surface area is 87.7 Å². The van der Waals surface area contributed by atoms with E-state index in [0.29, 0.717) is 18.6 Å². The molecule has 0 aromatic heterocycles. The summed E-state index contributed by atoms with van der Waals surface area (Å²) in [7, 11) is 0. The smallest absolute Gasteiger partial charge is 0.481 e. The minimum absolute atomic E-state index is 0.110. The van der Waals surface area contributed by atoms with Gasteiger partial charge in [-0.05, 0) is 32.8 Å². The van der Waals surface area contributed by atoms with Crippen LogP contribution >= 0.6 is 0 Å². The Hall–Kier alpha value is -1.52. The number of carbonyl (C=O) groups excluding carboxylic acids is 1. The molecule has 1 saturated heterocycles. The van der Waals surface area contributed by atoms with Crippen LogP contribution in [0.5, 0.6) is 0 Å². The van der Waals surface area contributed by atoms with Crippen molar-refractivity contribution in [1.82, 2.24) is 0 Å². The average Bonchev–Trinajstić information content (AvgIpc) is 2.33. The highest BCUT2D eigenvalue weighted by Gasteiger charge is 2.38. The molecule has 0 spiro atoms. The lowest BCUT2D eigenvalue weighted by molar-refractivity contribution is -0.137. The lowest BCUT2D eigenvalue weighted by Crippen LogP contribution is -2.20. The molecule has 0 amide bonds. The number of rotatable bonds is 4. The van der Waals surface area contributed by atoms with Crippen LogP contribution in [0.3, 0.4) is 0 Å². The van der Waals surface area contributed by atoms with E-state index < -0.39 is 17.7 Å². The molecule has 0 aromatic carbocycles. The summed E-state index contributed by atoms with van der Waals surface area (Å²) >= 11 is 0. The summed E-state index contributed by atoms with van der Waals surface area (Å²) in [5, 5.41) is 8.42. The van der Waals surface area contributed by atoms with E-state index in [1.807, 2.05) is 0 Å². The van der Waals surface area contributed by atoms with Crippen molar-refractivity contribution in [3.8, 4) is 0 Å². The van der Waals surface area contributed by atoms with Crippen molar-refractivity contribution in [3.05, 3.63) is 11.8 Å². The Bertz CT molecular complexity index is 303. The maximum absolute atomic E-state index is 10.8. The van der Waals surface area contributed by atoms with Gasteiger partial charge in [0, 0.05) is 6.42 Å². The Kier molecular flexibility index (Phi) is 3.34. The highest BCUT2D eigenvalue weighted by atomic mass is 16.8. The molecule has 1 N–H and O–H groups in total. The number of allylic oxidation sites excluding steroid dienone is 1. The molecule has 5 heteroatoms. The SMILES string of the molecule is CC1(C)OC(=O)O/C1=C\CCCC(=O)O. The maximum atomic E-state index is 10.8. The summed E-state index contributed by atoms with van der Waals surface area (Å²) < 4.78 is 9.73. The van der Waals surface area contributed by atoms with Gasteiger partial charge in [0.1, 0.15) is 0 Å². The second-order valence-corrected chi connectivity index (χ2v) is 3.82. The molecule has 84 valence electrons. The number of aliphatic carboxylic acids is 1. The van der Waals surface area contributed by atoms with Gasteiger partial charge in [-0.15, -0.1) is 0 Å². The largest absolute Gasteiger partial charge is 0.514 e. The van der Waals surface area contributed by atoms with Gasteiger partial charge in [0.2, 0.25) is 0 Å². The molecule has 15 heavy (non-hydrogen) atoms. The Morgan fingerprint density at radius 2 is 2.20 bits per heavy atom. The third kappa shape index (κ3) is 3.27. The first-order valence-corrected chi connectivity index (χ1v) is 4.75. The molecular weight excluding hydrogens is 200 g/mol. The molecule has 1 aliphatic heterocycles. The van der Waals surface area contributed by atoms with Crippen LogP contribution in [-0.2, 0) is 14.3 Å². The first kappa shape index (κ1) is 11.6. The van der Waals surface area contributed by atoms with E-state index >= 15 is 0 Å². The normalized spacial score (nSPS) is 21.2. The summed E-state index contributed by atoms with van der Waals surface area (Å²) in [4.78, 5) is 21.1. The van der Waals surface area contributed by atoms with Crippen molar-refractivity contribution >= 4 is 12.1 Å². The van der Waals surface area contributed by atoms with E-state index in [2.05, 4.69) is 0 Å². The number of hydrogen-bond acceptors (Lipinski definition) is 4. The van der Waals surface area contributed by atoms with Crippen molar-refractivity contribution < 1.29 is 24.2 Å². The number of carboxylic acids is 1. The number of unbranched alkanes of at least 4 members (excludes halogenated alkanes) is 1. The van der Waals surface area contributed by atoms with Gasteiger partial charge < -0.3 is 14.6 Å². The molecule has 1 rings (SSSR count). The van der Waals surface area contributed by atoms with Crippen LogP contribution in [0, 0.1) is 0 Å². The minimum Gasteiger partial charge on any atom is -0.481 e. The number of hydrogen-bond donors (Lipinski definition) is 1. The van der Waals surface area contributed by atoms with Crippen LogP contribution in [-0.4, -0.2) is 22.8 Å². The van der Waals surface area contributed by atoms with Gasteiger partial charge in [0.15, 0.2) is 11.4 Å². The van der Waals surface area contributed by atoms with Crippen molar-refractivity contribution in [2.75, 3.05) is 0 Å². The zero-order chi connectivity index (χ0) is 11.5. The fourth-order valence-corrected chi connectivity index (χ4v) is 1.27. The van der Waals surface area contributed by atoms with E-state index in [1.165, 1.54) is 0 Å². The fourth-order valence-electron chi connectivity index (χ4n) is 1.27. The molecule has 0 saturated carbocycles. The number of cyclic esters (lactones) is 2. The summed E-state index contributed by atoms with van der Waals surface area (Å²) in [6.45, 7) is 3.45. The van der Waals surface area contributed by atoms with Crippen LogP contribution < -0.4 is 0 Å². The Morgan fingerprint density at radius 3 is 2.67 bits per heavy atom. The third-order valence-electron chi connectivity index (χ3n) is 2.05. The van der Waals surface area contributed by atoms with E-state index in [9.17, 15) is 9.59 Å². The van der Waals surface area contributed by atoms with Gasteiger partial charge in [-0.25, -0.2) is 4.79 Å². The van der Waals surface area contributed by atoms with Gasteiger partial charge in [0.25, 0.3) is 0 Å². The van der Waals surface area contributed by atoms with E-state index in [-0.39, 0.29) is 6.42 Å². The highest BCUT2D eigenvalue weighted by molar-refractivity contribution is 5.67. The monoisotopic (exact) mass is 214 g/mol. The molecular formula is C10H14O5. The van der Waals surface area contributed by atoms with E-state index in [1.54, 1.807) is 19.9 Å². The predicted molar refractivity (Wildman–Crippen MR) is 51.2 cm³/mol. The highest BCUT2D eigenvalue weighted by Crippen LogP contribution is 2.30. The zero-order valence-corrected chi connectivity index (χ0v) is 8.78. The molecule has 0 unspecified atom stereocenters. The van der Waals surface area contributed by atoms with Crippen LogP contribution in [0.2, 0.25) is 0 Å². The second-order valence-electron chi connectivity index (χ2n) is 3.82. The lowest BCUT2D eigenvalue weighted by Gasteiger charge is -2.13. The molecule has 1 heterocycles. The van der Waals surface area contributed by atoms with Crippen molar-refractivity contribution in [2.24, 2.45) is 0 Å². The number of carboxylic acid groups (broad SMARTS) is 1. The first-order chi connectivity index (χ1) is 6.92. The molecule has 0 aliphatic carbocycles. The van der Waals surface area contributed by atoms with E-state index in [4.69, 9.17) is 14.6 Å². The lowest BCUT2D eigenvalue weighted by atomic mass is 10.1. The summed E-state index contributed by atoms with van der Waals surface area (Å²) in [5.74, 6) is -0.370. The topological polar surface area (TPSA) is 72.8 Å². The fraction of sp³-hybridized carbons (Fsp3) is 0.600. The number of carbonyl (C=O) groups is 2. The molecule has 5 nitrogen and oxygen atoms in total. The molecule has 0 atom stereocenters. The van der Waals surface area contributed by atoms with Gasteiger partial charge in [-0.3, -0.25) is 4.79 Å². The van der Waals surface area contributed by atoms with Crippen molar-refractivity contribution in [1.29, 1.82) is 0 Å². The molecule has 1 fully saturated rings. The van der Waals surface area contributed by atoms with Gasteiger partial charge >= 0.3 is 12.1 Å². The minimum atomic E-state index is -0.827. The standard InChI is InChI=1S/C10H14O5/c1-10(2)7(14-9(13)15-10)5-3-4-6-8(11)12/h5H,3-4,6H2,1-2H3,(H,11,12)/b7-5-. The summed E-state index contributed by atoms with van der Waals surface area (Å²) in [6.07, 6.45) is 2.19. The van der Waals surface area contributed by atoms with Crippen LogP contribution in [0.25, 0.3) is 0 Å². The van der Waals surface area contributed by atoms with E-state index in [0.717, 1.165) is 0 Å². The summed E-state index contributed by atoms with van der Waals surface area (Å²) in [5.41, 5.74) is -0.736. The van der Waals surface area contributed by atoms with Gasteiger partial charge in [-0.2, -0.15) is 0 Å². The quantitative estimate of drug-likeness (QED) is 0.572. The van der Waals surface area contributed by atoms with Crippen LogP contribution in [0.1, 0.15) is 33.1 Å². The van der Waals surface area contributed by atoms with Crippen molar-refractivity contribution in [2.45, 2.75) is 38.7 Å². The maximum Gasteiger partial charge on any atom is 0.514 e. The molecule has 0 bridgehead atoms. The summed E-state index contributed by atoms with van der Waals surface area (Å²) in [6, 6.07) is 0. The van der Waals surface area contributed by atoms with Crippen LogP contribution in [0.15, 0.2) is 11.8 Å². The zero-order valence-electron chi connectivity index (χ0n) is 8.78. The van der Waals surface area contributed by atoms with Gasteiger partial charge in [-0.1, -0.05) is 0 Å². The molecule has 0 radical (unpaired) electrons.